The molecule has 17 heavy (non-hydrogen) atoms. The van der Waals surface area contributed by atoms with Gasteiger partial charge in [0.25, 0.3) is 0 Å². The summed E-state index contributed by atoms with van der Waals surface area (Å²) in [6, 6.07) is -0.0706. The molecule has 0 aromatic rings. The van der Waals surface area contributed by atoms with Crippen LogP contribution in [0.5, 0.6) is 0 Å². The highest BCUT2D eigenvalue weighted by molar-refractivity contribution is 7.90. The van der Waals surface area contributed by atoms with Crippen LogP contribution < -0.4 is 0 Å². The van der Waals surface area contributed by atoms with Gasteiger partial charge in [-0.25, -0.2) is 12.7 Å². The van der Waals surface area contributed by atoms with Gasteiger partial charge in [0.05, 0.1) is 11.8 Å². The van der Waals surface area contributed by atoms with E-state index in [0.717, 1.165) is 19.3 Å². The van der Waals surface area contributed by atoms with Crippen LogP contribution in [0.4, 0.5) is 0 Å². The SMILES string of the molecule is CC(=O)N1C2CC3CC[C@@]2(CS1(=O)=O)C3(C)C. The molecule has 5 heteroatoms. The minimum Gasteiger partial charge on any atom is -0.274 e. The molecule has 4 nitrogen and oxygen atoms in total. The van der Waals surface area contributed by atoms with Gasteiger partial charge in [-0.2, -0.15) is 0 Å². The van der Waals surface area contributed by atoms with Crippen LogP contribution in [-0.2, 0) is 14.8 Å². The van der Waals surface area contributed by atoms with Crippen LogP contribution in [0.2, 0.25) is 0 Å². The van der Waals surface area contributed by atoms with Crippen LogP contribution >= 0.6 is 0 Å². The summed E-state index contributed by atoms with van der Waals surface area (Å²) in [5.74, 6) is 0.438. The van der Waals surface area contributed by atoms with Crippen molar-refractivity contribution in [3.63, 3.8) is 0 Å². The molecular weight excluding hydrogens is 238 g/mol. The lowest BCUT2D eigenvalue weighted by atomic mass is 9.69. The van der Waals surface area contributed by atoms with E-state index in [2.05, 4.69) is 13.8 Å². The molecule has 1 saturated heterocycles. The molecule has 2 unspecified atom stereocenters. The van der Waals surface area contributed by atoms with Crippen molar-refractivity contribution in [1.29, 1.82) is 0 Å². The fourth-order valence-corrected chi connectivity index (χ4v) is 7.27. The first-order valence-electron chi connectivity index (χ1n) is 6.25. The molecular formula is C12H19NO3S. The number of rotatable bonds is 0. The first-order chi connectivity index (χ1) is 7.72. The fraction of sp³-hybridized carbons (Fsp3) is 0.917. The van der Waals surface area contributed by atoms with Gasteiger partial charge >= 0.3 is 0 Å². The highest BCUT2D eigenvalue weighted by atomic mass is 32.2. The van der Waals surface area contributed by atoms with Crippen molar-refractivity contribution in [2.75, 3.05) is 5.75 Å². The number of hydrogen-bond donors (Lipinski definition) is 0. The van der Waals surface area contributed by atoms with Gasteiger partial charge in [0, 0.05) is 12.3 Å². The van der Waals surface area contributed by atoms with Crippen LogP contribution in [-0.4, -0.2) is 30.4 Å². The lowest BCUT2D eigenvalue weighted by Crippen LogP contribution is -2.43. The second-order valence-corrected chi connectivity index (χ2v) is 8.28. The van der Waals surface area contributed by atoms with Gasteiger partial charge in [0.2, 0.25) is 15.9 Å². The van der Waals surface area contributed by atoms with E-state index in [1.54, 1.807) is 0 Å². The van der Waals surface area contributed by atoms with E-state index in [9.17, 15) is 13.2 Å². The zero-order chi connectivity index (χ0) is 12.6. The molecule has 1 amide bonds. The van der Waals surface area contributed by atoms with Crippen molar-refractivity contribution in [3.8, 4) is 0 Å². The van der Waals surface area contributed by atoms with Crippen LogP contribution in [0, 0.1) is 16.7 Å². The van der Waals surface area contributed by atoms with E-state index in [1.165, 1.54) is 11.2 Å². The molecule has 2 saturated carbocycles. The fourth-order valence-electron chi connectivity index (χ4n) is 4.70. The molecule has 3 rings (SSSR count). The van der Waals surface area contributed by atoms with Crippen LogP contribution in [0.15, 0.2) is 0 Å². The molecule has 1 aliphatic heterocycles. The summed E-state index contributed by atoms with van der Waals surface area (Å²) in [6.45, 7) is 5.74. The first-order valence-corrected chi connectivity index (χ1v) is 7.86. The van der Waals surface area contributed by atoms with E-state index in [0.29, 0.717) is 5.92 Å². The predicted molar refractivity (Wildman–Crippen MR) is 63.6 cm³/mol. The zero-order valence-corrected chi connectivity index (χ0v) is 11.4. The van der Waals surface area contributed by atoms with E-state index < -0.39 is 10.0 Å². The largest absolute Gasteiger partial charge is 0.274 e. The molecule has 2 aliphatic carbocycles. The molecule has 3 fully saturated rings. The number of fused-ring (bicyclic) bond motifs is 1. The van der Waals surface area contributed by atoms with E-state index in [-0.39, 0.29) is 28.5 Å². The van der Waals surface area contributed by atoms with Gasteiger partial charge < -0.3 is 0 Å². The Hall–Kier alpha value is -0.580. The molecule has 3 atom stereocenters. The Bertz CT molecular complexity index is 496. The van der Waals surface area contributed by atoms with Gasteiger partial charge in [-0.15, -0.1) is 0 Å². The third-order valence-corrected chi connectivity index (χ3v) is 7.71. The maximum atomic E-state index is 12.2. The molecule has 1 spiro atoms. The van der Waals surface area contributed by atoms with Crippen LogP contribution in [0.3, 0.4) is 0 Å². The third kappa shape index (κ3) is 1.09. The summed E-state index contributed by atoms with van der Waals surface area (Å²) >= 11 is 0. The van der Waals surface area contributed by atoms with Gasteiger partial charge in [-0.1, -0.05) is 13.8 Å². The molecule has 0 aromatic heterocycles. The number of carbonyl (C=O) groups excluding carboxylic acids is 1. The second-order valence-electron chi connectivity index (χ2n) is 6.44. The summed E-state index contributed by atoms with van der Waals surface area (Å²) in [7, 11) is -3.38. The van der Waals surface area contributed by atoms with Crippen LogP contribution in [0.1, 0.15) is 40.0 Å². The van der Waals surface area contributed by atoms with Gasteiger partial charge in [-0.3, -0.25) is 4.79 Å². The lowest BCUT2D eigenvalue weighted by molar-refractivity contribution is -0.126. The summed E-state index contributed by atoms with van der Waals surface area (Å²) < 4.78 is 25.6. The monoisotopic (exact) mass is 257 g/mol. The Morgan fingerprint density at radius 1 is 1.35 bits per heavy atom. The van der Waals surface area contributed by atoms with Crippen LogP contribution in [0.25, 0.3) is 0 Å². The predicted octanol–water partition coefficient (Wildman–Crippen LogP) is 1.37. The minimum atomic E-state index is -3.38. The Labute approximate surface area is 102 Å². The Morgan fingerprint density at radius 3 is 2.53 bits per heavy atom. The minimum absolute atomic E-state index is 0.0505. The summed E-state index contributed by atoms with van der Waals surface area (Å²) in [5.41, 5.74) is -0.128. The van der Waals surface area contributed by atoms with Crippen molar-refractivity contribution in [1.82, 2.24) is 4.31 Å². The molecule has 0 aromatic carbocycles. The molecule has 3 aliphatic rings. The molecule has 2 bridgehead atoms. The molecule has 1 heterocycles. The quantitative estimate of drug-likeness (QED) is 0.658. The maximum Gasteiger partial charge on any atom is 0.238 e. The van der Waals surface area contributed by atoms with E-state index in [1.807, 2.05) is 0 Å². The molecule has 0 radical (unpaired) electrons. The molecule has 96 valence electrons. The number of nitrogens with zero attached hydrogens (tertiary/aromatic N) is 1. The summed E-state index contributed by atoms with van der Waals surface area (Å²) in [5, 5.41) is 0. The average Bonchev–Trinajstić information content (AvgIpc) is 2.62. The summed E-state index contributed by atoms with van der Waals surface area (Å²) in [4.78, 5) is 11.6. The Balaban J connectivity index is 2.15. The zero-order valence-electron chi connectivity index (χ0n) is 10.6. The van der Waals surface area contributed by atoms with E-state index in [4.69, 9.17) is 0 Å². The van der Waals surface area contributed by atoms with Gasteiger partial charge in [0.15, 0.2) is 0 Å². The number of sulfonamides is 1. The molecule has 0 N–H and O–H groups in total. The number of amides is 1. The Morgan fingerprint density at radius 2 is 2.00 bits per heavy atom. The number of carbonyl (C=O) groups is 1. The standard InChI is InChI=1S/C12H19NO3S/c1-8(14)13-10-6-9-4-5-12(10,11(9,2)3)7-17(13,15)16/h9-10H,4-7H2,1-3H3/t9?,10?,12-/m0/s1. The lowest BCUT2D eigenvalue weighted by Gasteiger charge is -2.36. The average molecular weight is 257 g/mol. The Kier molecular flexibility index (Phi) is 1.94. The van der Waals surface area contributed by atoms with Gasteiger partial charge in [0.1, 0.15) is 0 Å². The van der Waals surface area contributed by atoms with Crippen molar-refractivity contribution in [3.05, 3.63) is 0 Å². The van der Waals surface area contributed by atoms with E-state index >= 15 is 0 Å². The van der Waals surface area contributed by atoms with Crippen molar-refractivity contribution < 1.29 is 13.2 Å². The normalized spacial score (nSPS) is 45.0. The highest BCUT2D eigenvalue weighted by Crippen LogP contribution is 2.69. The second kappa shape index (κ2) is 2.87. The van der Waals surface area contributed by atoms with Crippen molar-refractivity contribution >= 4 is 15.9 Å². The highest BCUT2D eigenvalue weighted by Gasteiger charge is 2.71. The van der Waals surface area contributed by atoms with Crippen molar-refractivity contribution in [2.45, 2.75) is 46.1 Å². The van der Waals surface area contributed by atoms with Gasteiger partial charge in [-0.05, 0) is 30.6 Å². The third-order valence-electron chi connectivity index (χ3n) is 5.72. The maximum absolute atomic E-state index is 12.2. The van der Waals surface area contributed by atoms with Crippen molar-refractivity contribution in [2.24, 2.45) is 16.7 Å². The first kappa shape index (κ1) is 11.5. The number of hydrogen-bond acceptors (Lipinski definition) is 3. The topological polar surface area (TPSA) is 54.5 Å². The summed E-state index contributed by atoms with van der Waals surface area (Å²) in [6.07, 6.45) is 2.94. The smallest absolute Gasteiger partial charge is 0.238 e.